The number of hydrogen-bond acceptors (Lipinski definition) is 4. The van der Waals surface area contributed by atoms with E-state index in [4.69, 9.17) is 11.6 Å². The number of halogens is 3. The van der Waals surface area contributed by atoms with Crippen molar-refractivity contribution in [2.45, 2.75) is 6.54 Å². The van der Waals surface area contributed by atoms with Gasteiger partial charge in [-0.15, -0.1) is 0 Å². The van der Waals surface area contributed by atoms with Crippen LogP contribution in [0.5, 0.6) is 0 Å². The van der Waals surface area contributed by atoms with E-state index in [0.717, 1.165) is 23.0 Å². The summed E-state index contributed by atoms with van der Waals surface area (Å²) in [4.78, 5) is 22.9. The number of carbonyl (C=O) groups excluding carboxylic acids is 1. The van der Waals surface area contributed by atoms with Crippen LogP contribution in [-0.4, -0.2) is 15.9 Å². The van der Waals surface area contributed by atoms with Crippen LogP contribution in [0, 0.1) is 11.6 Å². The van der Waals surface area contributed by atoms with Crippen LogP contribution in [0.15, 0.2) is 60.9 Å². The Hall–Kier alpha value is -2.90. The predicted molar refractivity (Wildman–Crippen MR) is 106 cm³/mol. The summed E-state index contributed by atoms with van der Waals surface area (Å²) >= 11 is 6.95. The highest BCUT2D eigenvalue weighted by Gasteiger charge is 2.23. The fourth-order valence-electron chi connectivity index (χ4n) is 2.71. The molecule has 1 amide bonds. The minimum atomic E-state index is -0.766. The van der Waals surface area contributed by atoms with Gasteiger partial charge in [0.05, 0.1) is 11.2 Å². The number of benzene rings is 2. The van der Waals surface area contributed by atoms with Gasteiger partial charge in [-0.05, 0) is 42.0 Å². The maximum Gasteiger partial charge on any atom is 0.260 e. The molecule has 0 unspecified atom stereocenters. The number of anilines is 1. The van der Waals surface area contributed by atoms with Gasteiger partial charge in [0.25, 0.3) is 5.91 Å². The molecular formula is C20H12ClF2N3OS. The Bertz CT molecular complexity index is 1150. The van der Waals surface area contributed by atoms with E-state index in [9.17, 15) is 13.6 Å². The third kappa shape index (κ3) is 3.72. The molecule has 0 saturated heterocycles. The summed E-state index contributed by atoms with van der Waals surface area (Å²) in [5.41, 5.74) is 1.21. The Morgan fingerprint density at radius 3 is 2.64 bits per heavy atom. The van der Waals surface area contributed by atoms with E-state index in [1.165, 1.54) is 11.0 Å². The number of carbonyl (C=O) groups is 1. The smallest absolute Gasteiger partial charge is 0.260 e. The van der Waals surface area contributed by atoms with Crippen LogP contribution < -0.4 is 4.90 Å². The van der Waals surface area contributed by atoms with Crippen molar-refractivity contribution >= 4 is 44.2 Å². The van der Waals surface area contributed by atoms with Gasteiger partial charge in [-0.3, -0.25) is 14.7 Å². The topological polar surface area (TPSA) is 46.1 Å². The second kappa shape index (κ2) is 7.61. The number of pyridine rings is 1. The summed E-state index contributed by atoms with van der Waals surface area (Å²) in [6.07, 6.45) is 3.26. The molecule has 0 aliphatic carbocycles. The minimum Gasteiger partial charge on any atom is -0.279 e. The van der Waals surface area contributed by atoms with Crippen LogP contribution in [0.4, 0.5) is 13.9 Å². The molecule has 0 aliphatic rings. The van der Waals surface area contributed by atoms with Gasteiger partial charge in [-0.25, -0.2) is 13.8 Å². The molecule has 0 fully saturated rings. The van der Waals surface area contributed by atoms with E-state index in [1.54, 1.807) is 42.7 Å². The monoisotopic (exact) mass is 415 g/mol. The number of nitrogens with zero attached hydrogens (tertiary/aromatic N) is 3. The summed E-state index contributed by atoms with van der Waals surface area (Å²) in [5, 5.41) is 0.774. The number of thiazole rings is 1. The van der Waals surface area contributed by atoms with Crippen LogP contribution >= 0.6 is 22.9 Å². The highest BCUT2D eigenvalue weighted by molar-refractivity contribution is 7.22. The van der Waals surface area contributed by atoms with Gasteiger partial charge in [0, 0.05) is 29.0 Å². The van der Waals surface area contributed by atoms with Gasteiger partial charge in [-0.2, -0.15) is 0 Å². The van der Waals surface area contributed by atoms with Crippen molar-refractivity contribution in [3.63, 3.8) is 0 Å². The highest BCUT2D eigenvalue weighted by atomic mass is 35.5. The van der Waals surface area contributed by atoms with Gasteiger partial charge in [0.1, 0.15) is 11.3 Å². The fraction of sp³-hybridized carbons (Fsp3) is 0.0500. The van der Waals surface area contributed by atoms with Crippen LogP contribution in [0.1, 0.15) is 15.9 Å². The van der Waals surface area contributed by atoms with E-state index >= 15 is 0 Å². The summed E-state index contributed by atoms with van der Waals surface area (Å²) in [7, 11) is 0. The lowest BCUT2D eigenvalue weighted by Crippen LogP contribution is -2.30. The minimum absolute atomic E-state index is 0.0292. The molecule has 0 radical (unpaired) electrons. The van der Waals surface area contributed by atoms with E-state index < -0.39 is 11.6 Å². The second-order valence-corrected chi connectivity index (χ2v) is 7.44. The van der Waals surface area contributed by atoms with Gasteiger partial charge < -0.3 is 0 Å². The van der Waals surface area contributed by atoms with Crippen LogP contribution in [0.25, 0.3) is 10.2 Å². The van der Waals surface area contributed by atoms with Crippen molar-refractivity contribution in [2.24, 2.45) is 0 Å². The van der Waals surface area contributed by atoms with Gasteiger partial charge >= 0.3 is 0 Å². The zero-order chi connectivity index (χ0) is 19.7. The number of aromatic nitrogens is 2. The molecule has 2 aromatic heterocycles. The van der Waals surface area contributed by atoms with Gasteiger partial charge in [0.15, 0.2) is 10.9 Å². The lowest BCUT2D eigenvalue weighted by Gasteiger charge is -2.20. The van der Waals surface area contributed by atoms with Crippen molar-refractivity contribution in [2.75, 3.05) is 4.90 Å². The lowest BCUT2D eigenvalue weighted by molar-refractivity contribution is 0.0985. The van der Waals surface area contributed by atoms with Crippen molar-refractivity contribution in [1.82, 2.24) is 9.97 Å². The summed E-state index contributed by atoms with van der Waals surface area (Å²) in [5.74, 6) is -1.79. The number of hydrogen-bond donors (Lipinski definition) is 0. The quantitative estimate of drug-likeness (QED) is 0.444. The summed E-state index contributed by atoms with van der Waals surface area (Å²) < 4.78 is 28.0. The first kappa shape index (κ1) is 18.5. The standard InChI is InChI=1S/C20H12ClF2N3OS/c21-14-5-3-13(4-6-14)19(27)26(11-12-2-1-7-24-10-12)20-25-18-16(23)8-15(22)9-17(18)28-20/h1-10H,11H2. The number of fused-ring (bicyclic) bond motifs is 1. The largest absolute Gasteiger partial charge is 0.279 e. The van der Waals surface area contributed by atoms with Gasteiger partial charge in [0.2, 0.25) is 0 Å². The Balaban J connectivity index is 1.79. The fourth-order valence-corrected chi connectivity index (χ4v) is 3.84. The first-order valence-corrected chi connectivity index (χ1v) is 9.42. The average molecular weight is 416 g/mol. The molecule has 4 aromatic rings. The van der Waals surface area contributed by atoms with E-state index in [0.29, 0.717) is 15.3 Å². The van der Waals surface area contributed by atoms with Crippen molar-refractivity contribution in [3.05, 3.63) is 88.7 Å². The molecule has 2 aromatic carbocycles. The zero-order valence-electron chi connectivity index (χ0n) is 14.3. The molecule has 4 rings (SSSR count). The molecule has 0 saturated carbocycles. The number of rotatable bonds is 4. The normalized spacial score (nSPS) is 11.0. The Morgan fingerprint density at radius 2 is 1.93 bits per heavy atom. The second-order valence-electron chi connectivity index (χ2n) is 5.99. The first-order valence-electron chi connectivity index (χ1n) is 8.23. The van der Waals surface area contributed by atoms with E-state index in [1.807, 2.05) is 6.07 Å². The lowest BCUT2D eigenvalue weighted by atomic mass is 10.2. The Kier molecular flexibility index (Phi) is 5.02. The van der Waals surface area contributed by atoms with Crippen LogP contribution in [0.2, 0.25) is 5.02 Å². The molecule has 0 N–H and O–H groups in total. The van der Waals surface area contributed by atoms with E-state index in [-0.39, 0.29) is 23.1 Å². The molecule has 0 aliphatic heterocycles. The average Bonchev–Trinajstić information content (AvgIpc) is 3.11. The molecule has 8 heteroatoms. The molecule has 28 heavy (non-hydrogen) atoms. The SMILES string of the molecule is O=C(c1ccc(Cl)cc1)N(Cc1cccnc1)c1nc2c(F)cc(F)cc2s1. The Morgan fingerprint density at radius 1 is 1.14 bits per heavy atom. The number of amides is 1. The Labute approximate surface area is 168 Å². The predicted octanol–water partition coefficient (Wildman–Crippen LogP) is 5.47. The highest BCUT2D eigenvalue weighted by Crippen LogP contribution is 2.32. The van der Waals surface area contributed by atoms with Crippen molar-refractivity contribution in [3.8, 4) is 0 Å². The van der Waals surface area contributed by atoms with Crippen molar-refractivity contribution in [1.29, 1.82) is 0 Å². The first-order chi connectivity index (χ1) is 13.5. The molecular weight excluding hydrogens is 404 g/mol. The maximum absolute atomic E-state index is 14.1. The molecule has 0 atom stereocenters. The third-order valence-corrected chi connectivity index (χ3v) is 5.31. The molecule has 0 bridgehead atoms. The zero-order valence-corrected chi connectivity index (χ0v) is 15.8. The third-order valence-electron chi connectivity index (χ3n) is 4.03. The molecule has 0 spiro atoms. The summed E-state index contributed by atoms with van der Waals surface area (Å²) in [6.45, 7) is 0.180. The van der Waals surface area contributed by atoms with Gasteiger partial charge in [-0.1, -0.05) is 29.0 Å². The van der Waals surface area contributed by atoms with Crippen molar-refractivity contribution < 1.29 is 13.6 Å². The molecule has 2 heterocycles. The molecule has 140 valence electrons. The van der Waals surface area contributed by atoms with E-state index in [2.05, 4.69) is 9.97 Å². The molecule has 4 nitrogen and oxygen atoms in total. The maximum atomic E-state index is 14.1. The summed E-state index contributed by atoms with van der Waals surface area (Å²) in [6, 6.07) is 12.0. The van der Waals surface area contributed by atoms with Crippen LogP contribution in [-0.2, 0) is 6.54 Å². The van der Waals surface area contributed by atoms with Crippen LogP contribution in [0.3, 0.4) is 0 Å².